The fourth-order valence-electron chi connectivity index (χ4n) is 2.15. The standard InChI is InChI=1S/C10H20ClNO3S/c11-7-4-8-16(14,15)12-10(9-13)5-2-1-3-6-10/h12-13H,1-9H2. The Balaban J connectivity index is 2.61. The number of rotatable bonds is 6. The first-order valence-corrected chi connectivity index (χ1v) is 7.91. The van der Waals surface area contributed by atoms with Crippen LogP contribution in [0.25, 0.3) is 0 Å². The van der Waals surface area contributed by atoms with Gasteiger partial charge in [0.2, 0.25) is 10.0 Å². The summed E-state index contributed by atoms with van der Waals surface area (Å²) in [6.07, 6.45) is 4.95. The van der Waals surface area contributed by atoms with Crippen LogP contribution >= 0.6 is 11.6 Å². The van der Waals surface area contributed by atoms with E-state index < -0.39 is 15.6 Å². The van der Waals surface area contributed by atoms with Crippen molar-refractivity contribution in [2.24, 2.45) is 0 Å². The van der Waals surface area contributed by atoms with Crippen LogP contribution in [0.1, 0.15) is 38.5 Å². The van der Waals surface area contributed by atoms with Crippen LogP contribution in [-0.2, 0) is 10.0 Å². The number of hydrogen-bond donors (Lipinski definition) is 2. The Morgan fingerprint density at radius 1 is 1.25 bits per heavy atom. The molecule has 0 aliphatic heterocycles. The highest BCUT2D eigenvalue weighted by Crippen LogP contribution is 2.28. The molecule has 4 nitrogen and oxygen atoms in total. The minimum atomic E-state index is -3.31. The van der Waals surface area contributed by atoms with Crippen molar-refractivity contribution in [1.82, 2.24) is 4.72 Å². The summed E-state index contributed by atoms with van der Waals surface area (Å²) >= 11 is 5.48. The Morgan fingerprint density at radius 2 is 1.88 bits per heavy atom. The smallest absolute Gasteiger partial charge is 0.212 e. The number of aliphatic hydroxyl groups excluding tert-OH is 1. The Morgan fingerprint density at radius 3 is 2.38 bits per heavy atom. The van der Waals surface area contributed by atoms with Gasteiger partial charge in [-0.15, -0.1) is 11.6 Å². The van der Waals surface area contributed by atoms with Crippen LogP contribution in [0.15, 0.2) is 0 Å². The van der Waals surface area contributed by atoms with E-state index in [1.807, 2.05) is 0 Å². The molecule has 0 aromatic heterocycles. The summed E-state index contributed by atoms with van der Waals surface area (Å²) in [5.41, 5.74) is -0.622. The molecular weight excluding hydrogens is 250 g/mol. The summed E-state index contributed by atoms with van der Waals surface area (Å²) in [7, 11) is -3.31. The molecule has 0 bridgehead atoms. The third kappa shape index (κ3) is 4.20. The molecule has 0 radical (unpaired) electrons. The lowest BCUT2D eigenvalue weighted by atomic mass is 9.83. The molecule has 0 amide bonds. The molecule has 6 heteroatoms. The van der Waals surface area contributed by atoms with Gasteiger partial charge in [-0.1, -0.05) is 19.3 Å². The van der Waals surface area contributed by atoms with Crippen molar-refractivity contribution in [1.29, 1.82) is 0 Å². The highest BCUT2D eigenvalue weighted by molar-refractivity contribution is 7.89. The number of nitrogens with one attached hydrogen (secondary N) is 1. The molecule has 2 N–H and O–H groups in total. The largest absolute Gasteiger partial charge is 0.394 e. The summed E-state index contributed by atoms with van der Waals surface area (Å²) in [5.74, 6) is 0.380. The Labute approximate surface area is 102 Å². The summed E-state index contributed by atoms with van der Waals surface area (Å²) in [4.78, 5) is 0. The van der Waals surface area contributed by atoms with Crippen LogP contribution in [0.3, 0.4) is 0 Å². The van der Waals surface area contributed by atoms with Crippen LogP contribution < -0.4 is 4.72 Å². The number of alkyl halides is 1. The maximum atomic E-state index is 11.7. The molecule has 1 aliphatic rings. The van der Waals surface area contributed by atoms with Crippen molar-refractivity contribution in [2.75, 3.05) is 18.2 Å². The lowest BCUT2D eigenvalue weighted by Gasteiger charge is -2.36. The van der Waals surface area contributed by atoms with E-state index in [0.29, 0.717) is 12.3 Å². The molecule has 16 heavy (non-hydrogen) atoms. The van der Waals surface area contributed by atoms with Gasteiger partial charge >= 0.3 is 0 Å². The van der Waals surface area contributed by atoms with E-state index >= 15 is 0 Å². The third-order valence-corrected chi connectivity index (χ3v) is 4.87. The molecule has 0 saturated heterocycles. The lowest BCUT2D eigenvalue weighted by Crippen LogP contribution is -2.53. The van der Waals surface area contributed by atoms with Crippen LogP contribution in [-0.4, -0.2) is 37.3 Å². The van der Waals surface area contributed by atoms with E-state index in [1.54, 1.807) is 0 Å². The molecule has 1 saturated carbocycles. The fourth-order valence-corrected chi connectivity index (χ4v) is 3.99. The average Bonchev–Trinajstić information content (AvgIpc) is 2.27. The first-order valence-electron chi connectivity index (χ1n) is 5.72. The fraction of sp³-hybridized carbons (Fsp3) is 1.00. The van der Waals surface area contributed by atoms with Crippen molar-refractivity contribution >= 4 is 21.6 Å². The third-order valence-electron chi connectivity index (χ3n) is 3.03. The van der Waals surface area contributed by atoms with Crippen LogP contribution in [0.5, 0.6) is 0 Å². The molecule has 0 aromatic carbocycles. The zero-order valence-electron chi connectivity index (χ0n) is 9.41. The van der Waals surface area contributed by atoms with Gasteiger partial charge in [-0.05, 0) is 19.3 Å². The van der Waals surface area contributed by atoms with Gasteiger partial charge in [0.25, 0.3) is 0 Å². The number of halogens is 1. The summed E-state index contributed by atoms with van der Waals surface area (Å²) in [5, 5.41) is 9.38. The van der Waals surface area contributed by atoms with E-state index in [1.165, 1.54) is 0 Å². The van der Waals surface area contributed by atoms with E-state index in [9.17, 15) is 13.5 Å². The van der Waals surface area contributed by atoms with Crippen LogP contribution in [0.4, 0.5) is 0 Å². The van der Waals surface area contributed by atoms with Gasteiger partial charge in [-0.2, -0.15) is 0 Å². The molecule has 96 valence electrons. The second-order valence-corrected chi connectivity index (χ2v) is 6.68. The molecule has 0 atom stereocenters. The second-order valence-electron chi connectivity index (χ2n) is 4.46. The van der Waals surface area contributed by atoms with Crippen molar-refractivity contribution in [3.63, 3.8) is 0 Å². The topological polar surface area (TPSA) is 66.4 Å². The van der Waals surface area contributed by atoms with Crippen molar-refractivity contribution in [3.05, 3.63) is 0 Å². The molecule has 1 aliphatic carbocycles. The van der Waals surface area contributed by atoms with Crippen LogP contribution in [0.2, 0.25) is 0 Å². The minimum Gasteiger partial charge on any atom is -0.394 e. The second kappa shape index (κ2) is 6.19. The maximum Gasteiger partial charge on any atom is 0.212 e. The van der Waals surface area contributed by atoms with Gasteiger partial charge < -0.3 is 5.11 Å². The molecule has 0 aromatic rings. The van der Waals surface area contributed by atoms with Gasteiger partial charge in [-0.25, -0.2) is 13.1 Å². The SMILES string of the molecule is O=S(=O)(CCCCl)NC1(CO)CCCCC1. The van der Waals surface area contributed by atoms with Gasteiger partial charge in [0.05, 0.1) is 17.9 Å². The Bertz CT molecular complexity index is 299. The first kappa shape index (κ1) is 14.2. The number of aliphatic hydroxyl groups is 1. The zero-order chi connectivity index (χ0) is 12.1. The van der Waals surface area contributed by atoms with Crippen molar-refractivity contribution in [3.8, 4) is 0 Å². The monoisotopic (exact) mass is 269 g/mol. The van der Waals surface area contributed by atoms with E-state index in [0.717, 1.165) is 32.1 Å². The molecule has 0 heterocycles. The van der Waals surface area contributed by atoms with E-state index in [2.05, 4.69) is 4.72 Å². The predicted octanol–water partition coefficient (Wildman–Crippen LogP) is 1.23. The molecule has 0 unspecified atom stereocenters. The Hall–Kier alpha value is 0.160. The molecule has 1 fully saturated rings. The summed E-state index contributed by atoms with van der Waals surface area (Å²) in [6, 6.07) is 0. The lowest BCUT2D eigenvalue weighted by molar-refractivity contribution is 0.142. The van der Waals surface area contributed by atoms with Crippen molar-refractivity contribution < 1.29 is 13.5 Å². The zero-order valence-corrected chi connectivity index (χ0v) is 11.0. The summed E-state index contributed by atoms with van der Waals surface area (Å²) in [6.45, 7) is -0.118. The first-order chi connectivity index (χ1) is 7.54. The van der Waals surface area contributed by atoms with Gasteiger partial charge in [-0.3, -0.25) is 0 Å². The average molecular weight is 270 g/mol. The normalized spacial score (nSPS) is 20.9. The quantitative estimate of drug-likeness (QED) is 0.713. The highest BCUT2D eigenvalue weighted by atomic mass is 35.5. The molecular formula is C10H20ClNO3S. The minimum absolute atomic E-state index is 0.0399. The number of hydrogen-bond acceptors (Lipinski definition) is 3. The molecule has 0 spiro atoms. The Kier molecular flexibility index (Phi) is 5.50. The predicted molar refractivity (Wildman–Crippen MR) is 65.2 cm³/mol. The van der Waals surface area contributed by atoms with Crippen molar-refractivity contribution in [2.45, 2.75) is 44.1 Å². The van der Waals surface area contributed by atoms with Crippen LogP contribution in [0, 0.1) is 0 Å². The van der Waals surface area contributed by atoms with Gasteiger partial charge in [0, 0.05) is 5.88 Å². The van der Waals surface area contributed by atoms with E-state index in [4.69, 9.17) is 11.6 Å². The highest BCUT2D eigenvalue weighted by Gasteiger charge is 2.34. The maximum absolute atomic E-state index is 11.7. The van der Waals surface area contributed by atoms with E-state index in [-0.39, 0.29) is 12.4 Å². The molecule has 1 rings (SSSR count). The number of sulfonamides is 1. The summed E-state index contributed by atoms with van der Waals surface area (Å²) < 4.78 is 26.1. The van der Waals surface area contributed by atoms with Gasteiger partial charge in [0.15, 0.2) is 0 Å². The van der Waals surface area contributed by atoms with Gasteiger partial charge in [0.1, 0.15) is 0 Å².